The minimum atomic E-state index is 0.692. The van der Waals surface area contributed by atoms with Gasteiger partial charge in [-0.25, -0.2) is 0 Å². The Bertz CT molecular complexity index is 494. The summed E-state index contributed by atoms with van der Waals surface area (Å²) >= 11 is 0. The lowest BCUT2D eigenvalue weighted by atomic mass is 9.75. The minimum absolute atomic E-state index is 0.692. The lowest BCUT2D eigenvalue weighted by Gasteiger charge is -2.30. The zero-order valence-electron chi connectivity index (χ0n) is 18.3. The molecule has 0 radical (unpaired) electrons. The van der Waals surface area contributed by atoms with E-state index in [-0.39, 0.29) is 0 Å². The van der Waals surface area contributed by atoms with Crippen molar-refractivity contribution < 1.29 is 0 Å². The number of hydrogen-bond acceptors (Lipinski definition) is 0. The van der Waals surface area contributed by atoms with E-state index < -0.39 is 0 Å². The third kappa shape index (κ3) is 7.33. The van der Waals surface area contributed by atoms with Crippen LogP contribution in [0.3, 0.4) is 0 Å². The van der Waals surface area contributed by atoms with Crippen LogP contribution in [0.2, 0.25) is 0 Å². The summed E-state index contributed by atoms with van der Waals surface area (Å²) in [6.45, 7) is 8.70. The third-order valence-electron chi connectivity index (χ3n) is 7.94. The molecule has 0 heteroatoms. The Kier molecular flexibility index (Phi) is 8.36. The van der Waals surface area contributed by atoms with E-state index in [1.807, 2.05) is 0 Å². The van der Waals surface area contributed by atoms with Crippen LogP contribution in [0.15, 0.2) is 12.2 Å². The summed E-state index contributed by atoms with van der Waals surface area (Å²) in [7, 11) is 0. The van der Waals surface area contributed by atoms with Gasteiger partial charge in [0.25, 0.3) is 0 Å². The van der Waals surface area contributed by atoms with E-state index in [1.54, 1.807) is 0 Å². The van der Waals surface area contributed by atoms with Gasteiger partial charge in [0.1, 0.15) is 0 Å². The molecule has 0 aromatic rings. The highest BCUT2D eigenvalue weighted by molar-refractivity contribution is 5.09. The summed E-state index contributed by atoms with van der Waals surface area (Å²) in [6.07, 6.45) is 21.3. The molecule has 0 unspecified atom stereocenters. The van der Waals surface area contributed by atoms with Crippen LogP contribution in [0.4, 0.5) is 0 Å². The van der Waals surface area contributed by atoms with E-state index in [9.17, 15) is 0 Å². The van der Waals surface area contributed by atoms with Gasteiger partial charge in [-0.2, -0.15) is 0 Å². The van der Waals surface area contributed by atoms with E-state index in [4.69, 9.17) is 0 Å². The van der Waals surface area contributed by atoms with Crippen molar-refractivity contribution >= 4 is 0 Å². The SMILES string of the molecule is C=C(C)CC1CCC(C#CC2CCC(CCC3CCC(C)CC3)CC2)CC1. The van der Waals surface area contributed by atoms with Gasteiger partial charge in [0, 0.05) is 11.8 Å². The van der Waals surface area contributed by atoms with E-state index in [2.05, 4.69) is 32.3 Å². The van der Waals surface area contributed by atoms with Gasteiger partial charge in [-0.05, 0) is 88.4 Å². The first-order valence-corrected chi connectivity index (χ1v) is 12.2. The molecular weight excluding hydrogens is 324 g/mol. The Balaban J connectivity index is 1.30. The lowest BCUT2D eigenvalue weighted by Crippen LogP contribution is -2.17. The minimum Gasteiger partial charge on any atom is -0.100 e. The van der Waals surface area contributed by atoms with Gasteiger partial charge in [-0.15, -0.1) is 6.58 Å². The molecule has 3 aliphatic rings. The highest BCUT2D eigenvalue weighted by atomic mass is 14.3. The Hall–Kier alpha value is -0.700. The maximum Gasteiger partial charge on any atom is 0.0203 e. The van der Waals surface area contributed by atoms with E-state index in [0.29, 0.717) is 11.8 Å². The molecule has 3 saturated carbocycles. The van der Waals surface area contributed by atoms with Gasteiger partial charge in [-0.3, -0.25) is 0 Å². The topological polar surface area (TPSA) is 0 Å². The van der Waals surface area contributed by atoms with Crippen molar-refractivity contribution in [1.82, 2.24) is 0 Å². The van der Waals surface area contributed by atoms with Crippen LogP contribution < -0.4 is 0 Å². The Morgan fingerprint density at radius 1 is 0.667 bits per heavy atom. The summed E-state index contributed by atoms with van der Waals surface area (Å²) in [4.78, 5) is 0. The normalized spacial score (nSPS) is 37.3. The van der Waals surface area contributed by atoms with Crippen LogP contribution in [0.5, 0.6) is 0 Å². The summed E-state index contributed by atoms with van der Waals surface area (Å²) in [5.74, 6) is 12.8. The maximum atomic E-state index is 4.09. The molecule has 0 nitrogen and oxygen atoms in total. The fourth-order valence-corrected chi connectivity index (χ4v) is 5.92. The second-order valence-electron chi connectivity index (χ2n) is 10.6. The van der Waals surface area contributed by atoms with Crippen molar-refractivity contribution in [3.8, 4) is 11.8 Å². The van der Waals surface area contributed by atoms with Gasteiger partial charge in [-0.1, -0.05) is 62.9 Å². The van der Waals surface area contributed by atoms with Crippen molar-refractivity contribution in [2.75, 3.05) is 0 Å². The second kappa shape index (κ2) is 10.7. The van der Waals surface area contributed by atoms with Gasteiger partial charge in [0.05, 0.1) is 0 Å². The summed E-state index contributed by atoms with van der Waals surface area (Å²) in [5.41, 5.74) is 1.36. The molecule has 27 heavy (non-hydrogen) atoms. The van der Waals surface area contributed by atoms with Gasteiger partial charge in [0.15, 0.2) is 0 Å². The first kappa shape index (κ1) is 21.0. The molecule has 0 atom stereocenters. The van der Waals surface area contributed by atoms with Gasteiger partial charge < -0.3 is 0 Å². The van der Waals surface area contributed by atoms with Crippen molar-refractivity contribution in [3.63, 3.8) is 0 Å². The van der Waals surface area contributed by atoms with Gasteiger partial charge >= 0.3 is 0 Å². The zero-order chi connectivity index (χ0) is 19.1. The second-order valence-corrected chi connectivity index (χ2v) is 10.6. The van der Waals surface area contributed by atoms with Crippen LogP contribution in [0, 0.1) is 47.3 Å². The molecule has 3 aliphatic carbocycles. The standard InChI is InChI=1S/C27H44/c1-21(2)20-27-18-16-26(17-19-27)15-14-25-12-10-24(11-13-25)9-8-23-6-4-22(3)5-7-23/h22-27H,1,4-13,16-20H2,2-3H3. The van der Waals surface area contributed by atoms with Crippen LogP contribution in [0.25, 0.3) is 0 Å². The Morgan fingerprint density at radius 2 is 1.07 bits per heavy atom. The average Bonchev–Trinajstić information content (AvgIpc) is 2.67. The summed E-state index contributed by atoms with van der Waals surface area (Å²) < 4.78 is 0. The number of rotatable bonds is 5. The highest BCUT2D eigenvalue weighted by Gasteiger charge is 2.24. The molecule has 0 aromatic carbocycles. The summed E-state index contributed by atoms with van der Waals surface area (Å²) in [5, 5.41) is 0. The molecule has 0 heterocycles. The summed E-state index contributed by atoms with van der Waals surface area (Å²) in [6, 6.07) is 0. The Labute approximate surface area is 170 Å². The van der Waals surface area contributed by atoms with Crippen molar-refractivity contribution in [2.24, 2.45) is 35.5 Å². The van der Waals surface area contributed by atoms with Crippen LogP contribution in [0.1, 0.15) is 110 Å². The smallest absolute Gasteiger partial charge is 0.0203 e. The van der Waals surface area contributed by atoms with Crippen LogP contribution in [-0.2, 0) is 0 Å². The average molecular weight is 369 g/mol. The monoisotopic (exact) mass is 368 g/mol. The Morgan fingerprint density at radius 3 is 1.52 bits per heavy atom. The number of hydrogen-bond donors (Lipinski definition) is 0. The molecule has 152 valence electrons. The first-order chi connectivity index (χ1) is 13.1. The molecule has 0 aromatic heterocycles. The maximum absolute atomic E-state index is 4.09. The highest BCUT2D eigenvalue weighted by Crippen LogP contribution is 2.37. The lowest BCUT2D eigenvalue weighted by molar-refractivity contribution is 0.235. The molecule has 0 bridgehead atoms. The predicted octanol–water partition coefficient (Wildman–Crippen LogP) is 8.18. The van der Waals surface area contributed by atoms with E-state index in [0.717, 1.165) is 23.7 Å². The van der Waals surface area contributed by atoms with E-state index >= 15 is 0 Å². The third-order valence-corrected chi connectivity index (χ3v) is 7.94. The van der Waals surface area contributed by atoms with Crippen molar-refractivity contribution in [3.05, 3.63) is 12.2 Å². The first-order valence-electron chi connectivity index (χ1n) is 12.2. The molecule has 0 spiro atoms. The van der Waals surface area contributed by atoms with E-state index in [1.165, 1.54) is 102 Å². The quantitative estimate of drug-likeness (QED) is 0.339. The van der Waals surface area contributed by atoms with Crippen molar-refractivity contribution in [1.29, 1.82) is 0 Å². The van der Waals surface area contributed by atoms with Crippen LogP contribution in [-0.4, -0.2) is 0 Å². The largest absolute Gasteiger partial charge is 0.100 e. The molecular formula is C27H44. The fourth-order valence-electron chi connectivity index (χ4n) is 5.92. The number of allylic oxidation sites excluding steroid dienone is 1. The molecule has 0 aliphatic heterocycles. The van der Waals surface area contributed by atoms with Gasteiger partial charge in [0.2, 0.25) is 0 Å². The molecule has 3 fully saturated rings. The van der Waals surface area contributed by atoms with Crippen molar-refractivity contribution in [2.45, 2.75) is 110 Å². The molecule has 0 N–H and O–H groups in total. The fraction of sp³-hybridized carbons (Fsp3) is 0.852. The molecule has 0 saturated heterocycles. The molecule has 0 amide bonds. The van der Waals surface area contributed by atoms with Crippen LogP contribution >= 0.6 is 0 Å². The predicted molar refractivity (Wildman–Crippen MR) is 118 cm³/mol. The zero-order valence-corrected chi connectivity index (χ0v) is 18.3. The molecule has 3 rings (SSSR count).